The lowest BCUT2D eigenvalue weighted by molar-refractivity contribution is -0.113. The first kappa shape index (κ1) is 17.7. The van der Waals surface area contributed by atoms with Crippen molar-refractivity contribution in [3.63, 3.8) is 0 Å². The van der Waals surface area contributed by atoms with E-state index in [9.17, 15) is 4.79 Å². The van der Waals surface area contributed by atoms with Crippen LogP contribution in [0.5, 0.6) is 5.75 Å². The molecule has 1 amide bonds. The Morgan fingerprint density at radius 1 is 1.07 bits per heavy atom. The number of halogens is 1. The van der Waals surface area contributed by atoms with Crippen LogP contribution in [0.3, 0.4) is 0 Å². The predicted molar refractivity (Wildman–Crippen MR) is 113 cm³/mol. The third-order valence-corrected chi connectivity index (χ3v) is 5.46. The quantitative estimate of drug-likeness (QED) is 0.514. The summed E-state index contributed by atoms with van der Waals surface area (Å²) >= 11 is 5.02. The normalized spacial score (nSPS) is 15.3. The van der Waals surface area contributed by atoms with Gasteiger partial charge in [-0.1, -0.05) is 34.1 Å². The molecule has 0 spiro atoms. The number of nitrogens with zero attached hydrogens (tertiary/aromatic N) is 2. The van der Waals surface area contributed by atoms with Crippen LogP contribution in [0.1, 0.15) is 10.4 Å². The maximum absolute atomic E-state index is 13.1. The standard InChI is InChI=1S/C21H15BrN2O2S/c1-26-17-10-8-16(9-11-17)24-20(14-4-6-15(22)7-5-14)23-19(21(24)25)13-18-3-2-12-27-18/h2-13H,1H3/b19-13+. The van der Waals surface area contributed by atoms with Crippen LogP contribution in [0, 0.1) is 0 Å². The molecule has 1 aromatic heterocycles. The third kappa shape index (κ3) is 3.59. The minimum absolute atomic E-state index is 0.147. The molecule has 134 valence electrons. The number of aliphatic imine (C=N–C) groups is 1. The zero-order chi connectivity index (χ0) is 18.8. The second kappa shape index (κ2) is 7.50. The summed E-state index contributed by atoms with van der Waals surface area (Å²) in [7, 11) is 1.62. The van der Waals surface area contributed by atoms with Crippen LogP contribution >= 0.6 is 27.3 Å². The zero-order valence-corrected chi connectivity index (χ0v) is 16.8. The Hall–Kier alpha value is -2.70. The van der Waals surface area contributed by atoms with Crippen molar-refractivity contribution in [3.05, 3.63) is 86.7 Å². The minimum atomic E-state index is -0.147. The van der Waals surface area contributed by atoms with Crippen molar-refractivity contribution < 1.29 is 9.53 Å². The van der Waals surface area contributed by atoms with Crippen LogP contribution in [0.2, 0.25) is 0 Å². The summed E-state index contributed by atoms with van der Waals surface area (Å²) in [6.07, 6.45) is 1.83. The fourth-order valence-electron chi connectivity index (χ4n) is 2.79. The Bertz CT molecular complexity index is 1020. The van der Waals surface area contributed by atoms with Crippen molar-refractivity contribution in [2.24, 2.45) is 4.99 Å². The number of amidine groups is 1. The number of thiophene rings is 1. The molecule has 0 N–H and O–H groups in total. The maximum Gasteiger partial charge on any atom is 0.282 e. The van der Waals surface area contributed by atoms with Gasteiger partial charge >= 0.3 is 0 Å². The molecule has 6 heteroatoms. The van der Waals surface area contributed by atoms with E-state index in [0.717, 1.165) is 26.4 Å². The van der Waals surface area contributed by atoms with Gasteiger partial charge in [-0.15, -0.1) is 11.3 Å². The first-order chi connectivity index (χ1) is 13.2. The molecule has 2 heterocycles. The average molecular weight is 439 g/mol. The molecule has 4 nitrogen and oxygen atoms in total. The Balaban J connectivity index is 1.80. The van der Waals surface area contributed by atoms with E-state index in [2.05, 4.69) is 20.9 Å². The topological polar surface area (TPSA) is 41.9 Å². The van der Waals surface area contributed by atoms with E-state index >= 15 is 0 Å². The number of hydrogen-bond donors (Lipinski definition) is 0. The molecule has 0 fully saturated rings. The van der Waals surface area contributed by atoms with Gasteiger partial charge in [-0.2, -0.15) is 0 Å². The summed E-state index contributed by atoms with van der Waals surface area (Å²) in [5.41, 5.74) is 2.04. The Morgan fingerprint density at radius 3 is 2.44 bits per heavy atom. The highest BCUT2D eigenvalue weighted by Gasteiger charge is 2.32. The first-order valence-corrected chi connectivity index (χ1v) is 9.91. The number of carbonyl (C=O) groups is 1. The lowest BCUT2D eigenvalue weighted by atomic mass is 10.1. The molecule has 1 aliphatic heterocycles. The summed E-state index contributed by atoms with van der Waals surface area (Å²) < 4.78 is 6.20. The maximum atomic E-state index is 13.1. The first-order valence-electron chi connectivity index (χ1n) is 8.24. The van der Waals surface area contributed by atoms with Gasteiger partial charge in [-0.3, -0.25) is 9.69 Å². The van der Waals surface area contributed by atoms with Gasteiger partial charge in [0, 0.05) is 14.9 Å². The number of amides is 1. The number of rotatable bonds is 4. The van der Waals surface area contributed by atoms with E-state index in [0.29, 0.717) is 11.5 Å². The van der Waals surface area contributed by atoms with Crippen LogP contribution < -0.4 is 9.64 Å². The van der Waals surface area contributed by atoms with Gasteiger partial charge in [-0.05, 0) is 53.9 Å². The third-order valence-electron chi connectivity index (χ3n) is 4.12. The summed E-state index contributed by atoms with van der Waals surface area (Å²) in [6.45, 7) is 0. The fraction of sp³-hybridized carbons (Fsp3) is 0.0476. The minimum Gasteiger partial charge on any atom is -0.497 e. The van der Waals surface area contributed by atoms with Crippen LogP contribution in [0.4, 0.5) is 5.69 Å². The zero-order valence-electron chi connectivity index (χ0n) is 14.4. The van der Waals surface area contributed by atoms with Crippen molar-refractivity contribution in [3.8, 4) is 5.75 Å². The number of anilines is 1. The molecule has 2 aromatic carbocycles. The second-order valence-corrected chi connectivity index (χ2v) is 7.72. The molecule has 4 rings (SSSR count). The monoisotopic (exact) mass is 438 g/mol. The Morgan fingerprint density at radius 2 is 1.81 bits per heavy atom. The molecule has 1 aliphatic rings. The molecule has 0 bridgehead atoms. The number of methoxy groups -OCH3 is 1. The van der Waals surface area contributed by atoms with Gasteiger partial charge in [0.2, 0.25) is 0 Å². The predicted octanol–water partition coefficient (Wildman–Crippen LogP) is 5.35. The van der Waals surface area contributed by atoms with Gasteiger partial charge in [0.15, 0.2) is 0 Å². The highest BCUT2D eigenvalue weighted by atomic mass is 79.9. The Labute approximate surface area is 169 Å². The van der Waals surface area contributed by atoms with E-state index in [4.69, 9.17) is 4.74 Å². The smallest absolute Gasteiger partial charge is 0.282 e. The largest absolute Gasteiger partial charge is 0.497 e. The van der Waals surface area contributed by atoms with Crippen molar-refractivity contribution in [2.45, 2.75) is 0 Å². The van der Waals surface area contributed by atoms with Gasteiger partial charge in [-0.25, -0.2) is 4.99 Å². The number of hydrogen-bond acceptors (Lipinski definition) is 4. The molecular formula is C21H15BrN2O2S. The van der Waals surface area contributed by atoms with E-state index < -0.39 is 0 Å². The highest BCUT2D eigenvalue weighted by Crippen LogP contribution is 2.30. The number of ether oxygens (including phenoxy) is 1. The number of carbonyl (C=O) groups excluding carboxylic acids is 1. The molecular weight excluding hydrogens is 424 g/mol. The molecule has 0 saturated carbocycles. The Kier molecular flexibility index (Phi) is 4.92. The van der Waals surface area contributed by atoms with Crippen LogP contribution in [-0.4, -0.2) is 18.9 Å². The summed E-state index contributed by atoms with van der Waals surface area (Å²) in [4.78, 5) is 20.4. The van der Waals surface area contributed by atoms with E-state index in [1.807, 2.05) is 72.1 Å². The lowest BCUT2D eigenvalue weighted by Gasteiger charge is -2.19. The summed E-state index contributed by atoms with van der Waals surface area (Å²) in [6, 6.07) is 19.1. The van der Waals surface area contributed by atoms with Gasteiger partial charge < -0.3 is 4.74 Å². The second-order valence-electron chi connectivity index (χ2n) is 5.83. The van der Waals surface area contributed by atoms with Crippen molar-refractivity contribution >= 4 is 50.8 Å². The highest BCUT2D eigenvalue weighted by molar-refractivity contribution is 9.10. The molecule has 0 radical (unpaired) electrons. The summed E-state index contributed by atoms with van der Waals surface area (Å²) in [5, 5.41) is 1.98. The molecule has 27 heavy (non-hydrogen) atoms. The molecule has 0 saturated heterocycles. The van der Waals surface area contributed by atoms with E-state index in [1.54, 1.807) is 23.3 Å². The fourth-order valence-corrected chi connectivity index (χ4v) is 3.70. The van der Waals surface area contributed by atoms with Crippen LogP contribution in [-0.2, 0) is 4.79 Å². The van der Waals surface area contributed by atoms with Crippen molar-refractivity contribution in [2.75, 3.05) is 12.0 Å². The van der Waals surface area contributed by atoms with Gasteiger partial charge in [0.1, 0.15) is 17.3 Å². The van der Waals surface area contributed by atoms with Gasteiger partial charge in [0.05, 0.1) is 12.8 Å². The molecule has 3 aromatic rings. The average Bonchev–Trinajstić information content (AvgIpc) is 3.31. The van der Waals surface area contributed by atoms with Crippen LogP contribution in [0.25, 0.3) is 6.08 Å². The van der Waals surface area contributed by atoms with Crippen LogP contribution in [0.15, 0.2) is 81.2 Å². The van der Waals surface area contributed by atoms with E-state index in [-0.39, 0.29) is 5.91 Å². The van der Waals surface area contributed by atoms with E-state index in [1.165, 1.54) is 0 Å². The number of benzene rings is 2. The van der Waals surface area contributed by atoms with Crippen molar-refractivity contribution in [1.29, 1.82) is 0 Å². The van der Waals surface area contributed by atoms with Gasteiger partial charge in [0.25, 0.3) is 5.91 Å². The summed E-state index contributed by atoms with van der Waals surface area (Å²) in [5.74, 6) is 1.20. The van der Waals surface area contributed by atoms with Crippen molar-refractivity contribution in [1.82, 2.24) is 0 Å². The lowest BCUT2D eigenvalue weighted by Crippen LogP contribution is -2.32. The SMILES string of the molecule is COc1ccc(N2C(=O)/C(=C\c3cccs3)N=C2c2ccc(Br)cc2)cc1. The molecule has 0 atom stereocenters. The molecule has 0 unspecified atom stereocenters. The molecule has 0 aliphatic carbocycles.